The monoisotopic (exact) mass is 269 g/mol. The van der Waals surface area contributed by atoms with Crippen molar-refractivity contribution in [1.82, 2.24) is 4.57 Å². The second-order valence-corrected chi connectivity index (χ2v) is 4.89. The molecule has 0 aliphatic heterocycles. The molecule has 0 amide bonds. The zero-order valence-electron chi connectivity index (χ0n) is 10.4. The molecule has 2 nitrogen and oxygen atoms in total. The van der Waals surface area contributed by atoms with Gasteiger partial charge in [0.1, 0.15) is 0 Å². The van der Waals surface area contributed by atoms with Crippen LogP contribution in [0.15, 0.2) is 59.5 Å². The van der Waals surface area contributed by atoms with E-state index in [9.17, 15) is 4.79 Å². The van der Waals surface area contributed by atoms with E-state index in [2.05, 4.69) is 0 Å². The van der Waals surface area contributed by atoms with Crippen LogP contribution in [0.3, 0.4) is 0 Å². The maximum Gasteiger partial charge on any atom is 0.263 e. The van der Waals surface area contributed by atoms with Crippen molar-refractivity contribution >= 4 is 22.4 Å². The lowest BCUT2D eigenvalue weighted by Crippen LogP contribution is -2.18. The number of nitrogens with zero attached hydrogens (tertiary/aromatic N) is 1. The van der Waals surface area contributed by atoms with Gasteiger partial charge in [0.25, 0.3) is 5.56 Å². The van der Waals surface area contributed by atoms with Crippen molar-refractivity contribution in [3.05, 3.63) is 75.7 Å². The third-order valence-corrected chi connectivity index (χ3v) is 3.53. The number of hydrogen-bond acceptors (Lipinski definition) is 1. The van der Waals surface area contributed by atoms with Gasteiger partial charge in [0.15, 0.2) is 0 Å². The number of aromatic nitrogens is 1. The van der Waals surface area contributed by atoms with Crippen LogP contribution in [0.5, 0.6) is 0 Å². The van der Waals surface area contributed by atoms with Crippen LogP contribution < -0.4 is 5.56 Å². The average molecular weight is 270 g/mol. The first-order valence-electron chi connectivity index (χ1n) is 6.04. The van der Waals surface area contributed by atoms with E-state index in [0.29, 0.717) is 10.4 Å². The fourth-order valence-electron chi connectivity index (χ4n) is 2.33. The number of pyridine rings is 1. The molecule has 3 heteroatoms. The third kappa shape index (κ3) is 1.94. The van der Waals surface area contributed by atoms with E-state index >= 15 is 0 Å². The molecule has 0 radical (unpaired) electrons. The highest BCUT2D eigenvalue weighted by atomic mass is 35.5. The Morgan fingerprint density at radius 3 is 2.47 bits per heavy atom. The summed E-state index contributed by atoms with van der Waals surface area (Å²) in [5.74, 6) is 0. The van der Waals surface area contributed by atoms with Crippen LogP contribution >= 0.6 is 11.6 Å². The lowest BCUT2D eigenvalue weighted by atomic mass is 10.1. The van der Waals surface area contributed by atoms with Crippen molar-refractivity contribution in [3.63, 3.8) is 0 Å². The number of hydrogen-bond donors (Lipinski definition) is 0. The predicted octanol–water partition coefficient (Wildman–Crippen LogP) is 3.95. The molecule has 94 valence electrons. The van der Waals surface area contributed by atoms with Crippen LogP contribution in [0, 0.1) is 6.92 Å². The number of halogens is 1. The van der Waals surface area contributed by atoms with Gasteiger partial charge < -0.3 is 0 Å². The quantitative estimate of drug-likeness (QED) is 0.656. The SMILES string of the molecule is Cc1cn(-c2ccccc2)c(=O)c2cccc(Cl)c12. The van der Waals surface area contributed by atoms with Crippen molar-refractivity contribution in [2.75, 3.05) is 0 Å². The van der Waals surface area contributed by atoms with E-state index in [1.807, 2.05) is 55.6 Å². The van der Waals surface area contributed by atoms with Crippen LogP contribution in [-0.4, -0.2) is 4.57 Å². The molecular weight excluding hydrogens is 258 g/mol. The topological polar surface area (TPSA) is 22.0 Å². The first-order chi connectivity index (χ1) is 9.18. The summed E-state index contributed by atoms with van der Waals surface area (Å²) < 4.78 is 1.66. The molecule has 0 aliphatic rings. The zero-order valence-corrected chi connectivity index (χ0v) is 11.2. The Balaban J connectivity index is 2.42. The summed E-state index contributed by atoms with van der Waals surface area (Å²) in [4.78, 5) is 12.5. The van der Waals surface area contributed by atoms with Crippen LogP contribution in [0.2, 0.25) is 5.02 Å². The second kappa shape index (κ2) is 4.56. The maximum atomic E-state index is 12.5. The smallest absolute Gasteiger partial charge is 0.263 e. The van der Waals surface area contributed by atoms with E-state index in [1.54, 1.807) is 10.6 Å². The van der Waals surface area contributed by atoms with Crippen LogP contribution in [0.25, 0.3) is 16.5 Å². The lowest BCUT2D eigenvalue weighted by Gasteiger charge is -2.10. The van der Waals surface area contributed by atoms with Crippen molar-refractivity contribution in [2.45, 2.75) is 6.92 Å². The van der Waals surface area contributed by atoms with E-state index in [1.165, 1.54) is 0 Å². The molecule has 1 heterocycles. The first kappa shape index (κ1) is 12.0. The molecular formula is C16H12ClNO. The van der Waals surface area contributed by atoms with Crippen LogP contribution in [0.4, 0.5) is 0 Å². The van der Waals surface area contributed by atoms with Gasteiger partial charge in [-0.1, -0.05) is 35.9 Å². The van der Waals surface area contributed by atoms with Gasteiger partial charge in [-0.25, -0.2) is 0 Å². The molecule has 0 saturated carbocycles. The standard InChI is InChI=1S/C16H12ClNO/c1-11-10-18(12-6-3-2-4-7-12)16(19)13-8-5-9-14(17)15(11)13/h2-10H,1H3. The van der Waals surface area contributed by atoms with Gasteiger partial charge in [-0.05, 0) is 36.8 Å². The molecule has 0 aliphatic carbocycles. The van der Waals surface area contributed by atoms with Gasteiger partial charge in [-0.2, -0.15) is 0 Å². The van der Waals surface area contributed by atoms with E-state index in [4.69, 9.17) is 11.6 Å². The van der Waals surface area contributed by atoms with Gasteiger partial charge in [0.2, 0.25) is 0 Å². The molecule has 3 aromatic rings. The zero-order chi connectivity index (χ0) is 13.4. The highest BCUT2D eigenvalue weighted by Crippen LogP contribution is 2.24. The van der Waals surface area contributed by atoms with Gasteiger partial charge in [-0.15, -0.1) is 0 Å². The fraction of sp³-hybridized carbons (Fsp3) is 0.0625. The Morgan fingerprint density at radius 2 is 1.74 bits per heavy atom. The summed E-state index contributed by atoms with van der Waals surface area (Å²) in [6.45, 7) is 1.97. The highest BCUT2D eigenvalue weighted by Gasteiger charge is 2.09. The fourth-order valence-corrected chi connectivity index (χ4v) is 2.65. The Hall–Kier alpha value is -2.06. The Bertz CT molecular complexity index is 806. The van der Waals surface area contributed by atoms with E-state index < -0.39 is 0 Å². The number of fused-ring (bicyclic) bond motifs is 1. The molecule has 0 unspecified atom stereocenters. The predicted molar refractivity (Wildman–Crippen MR) is 79.3 cm³/mol. The van der Waals surface area contributed by atoms with E-state index in [0.717, 1.165) is 16.6 Å². The molecule has 0 N–H and O–H groups in total. The molecule has 3 rings (SSSR count). The minimum Gasteiger partial charge on any atom is -0.284 e. The molecule has 0 saturated heterocycles. The summed E-state index contributed by atoms with van der Waals surface area (Å²) in [5.41, 5.74) is 1.80. The molecule has 2 aromatic carbocycles. The Kier molecular flexibility index (Phi) is 2.88. The van der Waals surface area contributed by atoms with Crippen LogP contribution in [0.1, 0.15) is 5.56 Å². The van der Waals surface area contributed by atoms with Gasteiger partial charge in [0, 0.05) is 27.7 Å². The molecule has 0 bridgehead atoms. The number of benzene rings is 2. The maximum absolute atomic E-state index is 12.5. The van der Waals surface area contributed by atoms with Gasteiger partial charge in [0.05, 0.1) is 0 Å². The lowest BCUT2D eigenvalue weighted by molar-refractivity contribution is 0.997. The molecule has 1 aromatic heterocycles. The minimum atomic E-state index is -0.0469. The molecule has 0 atom stereocenters. The Morgan fingerprint density at radius 1 is 1.00 bits per heavy atom. The third-order valence-electron chi connectivity index (χ3n) is 3.21. The van der Waals surface area contributed by atoms with Gasteiger partial charge >= 0.3 is 0 Å². The van der Waals surface area contributed by atoms with Gasteiger partial charge in [-0.3, -0.25) is 9.36 Å². The highest BCUT2D eigenvalue weighted by molar-refractivity contribution is 6.35. The van der Waals surface area contributed by atoms with Crippen molar-refractivity contribution in [2.24, 2.45) is 0 Å². The van der Waals surface area contributed by atoms with E-state index in [-0.39, 0.29) is 5.56 Å². The summed E-state index contributed by atoms with van der Waals surface area (Å²) >= 11 is 6.18. The summed E-state index contributed by atoms with van der Waals surface area (Å²) in [6.07, 6.45) is 1.84. The molecule has 0 spiro atoms. The van der Waals surface area contributed by atoms with Crippen LogP contribution in [-0.2, 0) is 0 Å². The average Bonchev–Trinajstić information content (AvgIpc) is 2.43. The molecule has 19 heavy (non-hydrogen) atoms. The second-order valence-electron chi connectivity index (χ2n) is 4.49. The van der Waals surface area contributed by atoms with Crippen molar-refractivity contribution < 1.29 is 0 Å². The largest absolute Gasteiger partial charge is 0.284 e. The summed E-state index contributed by atoms with van der Waals surface area (Å²) in [7, 11) is 0. The van der Waals surface area contributed by atoms with Crippen molar-refractivity contribution in [3.8, 4) is 5.69 Å². The number of para-hydroxylation sites is 1. The summed E-state index contributed by atoms with van der Waals surface area (Å²) in [5, 5.41) is 2.10. The van der Waals surface area contributed by atoms with Crippen molar-refractivity contribution in [1.29, 1.82) is 0 Å². The Labute approximate surface area is 115 Å². The normalized spacial score (nSPS) is 10.8. The number of aryl methyl sites for hydroxylation is 1. The summed E-state index contributed by atoms with van der Waals surface area (Å²) in [6, 6.07) is 15.0. The molecule has 0 fully saturated rings. The first-order valence-corrected chi connectivity index (χ1v) is 6.42. The number of rotatable bonds is 1. The minimum absolute atomic E-state index is 0.0469.